The SMILES string of the molecule is C1CCCCCCN2CCCC(CCCCCCCCCCCCN3CCCC(CCCCC1)C3)C2. The lowest BCUT2D eigenvalue weighted by Crippen LogP contribution is -2.36. The molecule has 2 nitrogen and oxygen atoms in total. The Bertz CT molecular complexity index is 408. The molecule has 0 saturated carbocycles. The van der Waals surface area contributed by atoms with Crippen molar-refractivity contribution in [3.63, 3.8) is 0 Å². The summed E-state index contributed by atoms with van der Waals surface area (Å²) in [6.45, 7) is 8.37. The zero-order valence-corrected chi connectivity index (χ0v) is 24.7. The molecule has 0 N–H and O–H groups in total. The van der Waals surface area contributed by atoms with E-state index in [4.69, 9.17) is 0 Å². The summed E-state index contributed by atoms with van der Waals surface area (Å²) >= 11 is 0. The van der Waals surface area contributed by atoms with Crippen LogP contribution in [0.2, 0.25) is 0 Å². The number of hydrogen-bond donors (Lipinski definition) is 0. The molecule has 212 valence electrons. The van der Waals surface area contributed by atoms with Crippen LogP contribution in [-0.2, 0) is 0 Å². The van der Waals surface area contributed by atoms with E-state index in [1.54, 1.807) is 0 Å². The lowest BCUT2D eigenvalue weighted by Gasteiger charge is -2.33. The van der Waals surface area contributed by atoms with E-state index in [1.807, 2.05) is 0 Å². The maximum Gasteiger partial charge on any atom is 0.000966 e. The van der Waals surface area contributed by atoms with Crippen molar-refractivity contribution >= 4 is 0 Å². The third kappa shape index (κ3) is 14.8. The average molecular weight is 503 g/mol. The first kappa shape index (κ1) is 30.5. The van der Waals surface area contributed by atoms with Crippen molar-refractivity contribution in [1.82, 2.24) is 9.80 Å². The standard InChI is InChI=1S/C34H66N2/c1-3-7-11-15-19-27-35-29-22-26-34(32-35)24-18-14-10-6-2-4-8-12-16-20-28-36-30-21-25-33(31-36)23-17-13-9-5-1/h33-34H,1-32H2. The molecule has 3 heterocycles. The molecule has 0 radical (unpaired) electrons. The third-order valence-electron chi connectivity index (χ3n) is 9.88. The summed E-state index contributed by atoms with van der Waals surface area (Å²) in [7, 11) is 0. The van der Waals surface area contributed by atoms with Gasteiger partial charge in [0.05, 0.1) is 0 Å². The first-order chi connectivity index (χ1) is 17.9. The van der Waals surface area contributed by atoms with Gasteiger partial charge >= 0.3 is 0 Å². The number of fused-ring (bicyclic) bond motifs is 4. The Kier molecular flexibility index (Phi) is 17.6. The van der Waals surface area contributed by atoms with Crippen molar-refractivity contribution in [2.45, 2.75) is 167 Å². The molecular formula is C34H66N2. The highest BCUT2D eigenvalue weighted by atomic mass is 15.1. The van der Waals surface area contributed by atoms with E-state index in [9.17, 15) is 0 Å². The van der Waals surface area contributed by atoms with Crippen LogP contribution in [0.4, 0.5) is 0 Å². The van der Waals surface area contributed by atoms with Gasteiger partial charge in [-0.3, -0.25) is 0 Å². The zero-order valence-electron chi connectivity index (χ0n) is 24.7. The minimum absolute atomic E-state index is 1.01. The van der Waals surface area contributed by atoms with E-state index in [1.165, 1.54) is 206 Å². The fourth-order valence-corrected chi connectivity index (χ4v) is 7.55. The van der Waals surface area contributed by atoms with Gasteiger partial charge < -0.3 is 9.80 Å². The molecule has 4 atom stereocenters. The maximum atomic E-state index is 2.82. The molecule has 4 unspecified atom stereocenters. The Morgan fingerprint density at radius 1 is 0.250 bits per heavy atom. The van der Waals surface area contributed by atoms with Gasteiger partial charge in [0.25, 0.3) is 0 Å². The van der Waals surface area contributed by atoms with Crippen LogP contribution in [0.3, 0.4) is 0 Å². The maximum absolute atomic E-state index is 2.82. The molecule has 0 amide bonds. The first-order valence-electron chi connectivity index (χ1n) is 17.3. The predicted octanol–water partition coefficient (Wildman–Crippen LogP) is 10.0. The second-order valence-electron chi connectivity index (χ2n) is 13.3. The average Bonchev–Trinajstić information content (AvgIpc) is 2.90. The van der Waals surface area contributed by atoms with E-state index in [0.29, 0.717) is 0 Å². The van der Waals surface area contributed by atoms with E-state index in [2.05, 4.69) is 9.80 Å². The smallest absolute Gasteiger partial charge is 0.000966 e. The molecular weight excluding hydrogens is 436 g/mol. The first-order valence-corrected chi connectivity index (χ1v) is 17.3. The summed E-state index contributed by atoms with van der Waals surface area (Å²) in [5.41, 5.74) is 0. The van der Waals surface area contributed by atoms with Gasteiger partial charge in [-0.15, -0.1) is 0 Å². The largest absolute Gasteiger partial charge is 0.303 e. The molecule has 3 aliphatic rings. The topological polar surface area (TPSA) is 6.48 Å². The second kappa shape index (κ2) is 20.8. The molecule has 0 aromatic rings. The van der Waals surface area contributed by atoms with Crippen molar-refractivity contribution < 1.29 is 0 Å². The molecule has 3 saturated heterocycles. The minimum Gasteiger partial charge on any atom is -0.303 e. The minimum atomic E-state index is 1.01. The molecule has 4 bridgehead atoms. The molecule has 2 heteroatoms. The fourth-order valence-electron chi connectivity index (χ4n) is 7.55. The molecule has 3 fully saturated rings. The molecule has 0 aliphatic carbocycles. The third-order valence-corrected chi connectivity index (χ3v) is 9.88. The summed E-state index contributed by atoms with van der Waals surface area (Å²) in [6.07, 6.45) is 38.6. The summed E-state index contributed by atoms with van der Waals surface area (Å²) < 4.78 is 0. The van der Waals surface area contributed by atoms with Gasteiger partial charge in [-0.1, -0.05) is 116 Å². The number of hydrogen-bond acceptors (Lipinski definition) is 2. The van der Waals surface area contributed by atoms with Gasteiger partial charge in [0.15, 0.2) is 0 Å². The number of nitrogens with zero attached hydrogens (tertiary/aromatic N) is 2. The Balaban J connectivity index is 1.29. The summed E-state index contributed by atoms with van der Waals surface area (Å²) in [5, 5.41) is 0. The van der Waals surface area contributed by atoms with Crippen molar-refractivity contribution in [3.8, 4) is 0 Å². The van der Waals surface area contributed by atoms with Crippen molar-refractivity contribution in [2.75, 3.05) is 39.3 Å². The molecule has 0 aromatic heterocycles. The van der Waals surface area contributed by atoms with Crippen LogP contribution < -0.4 is 0 Å². The van der Waals surface area contributed by atoms with Crippen LogP contribution in [0.15, 0.2) is 0 Å². The lowest BCUT2D eigenvalue weighted by molar-refractivity contribution is 0.163. The molecule has 0 spiro atoms. The fraction of sp³-hybridized carbons (Fsp3) is 1.00. The highest BCUT2D eigenvalue weighted by Gasteiger charge is 2.20. The van der Waals surface area contributed by atoms with Crippen molar-refractivity contribution in [3.05, 3.63) is 0 Å². The predicted molar refractivity (Wildman–Crippen MR) is 160 cm³/mol. The monoisotopic (exact) mass is 503 g/mol. The van der Waals surface area contributed by atoms with Gasteiger partial charge in [-0.2, -0.15) is 0 Å². The Morgan fingerprint density at radius 2 is 0.500 bits per heavy atom. The van der Waals surface area contributed by atoms with E-state index >= 15 is 0 Å². The van der Waals surface area contributed by atoms with E-state index in [-0.39, 0.29) is 0 Å². The Hall–Kier alpha value is -0.0800. The van der Waals surface area contributed by atoms with Crippen molar-refractivity contribution in [2.24, 2.45) is 11.8 Å². The molecule has 3 aliphatic heterocycles. The van der Waals surface area contributed by atoms with Crippen LogP contribution in [0.5, 0.6) is 0 Å². The summed E-state index contributed by atoms with van der Waals surface area (Å²) in [6, 6.07) is 0. The van der Waals surface area contributed by atoms with Crippen molar-refractivity contribution in [1.29, 1.82) is 0 Å². The van der Waals surface area contributed by atoms with Crippen LogP contribution in [-0.4, -0.2) is 49.1 Å². The lowest BCUT2D eigenvalue weighted by atomic mass is 9.91. The van der Waals surface area contributed by atoms with Crippen LogP contribution in [0.25, 0.3) is 0 Å². The van der Waals surface area contributed by atoms with Gasteiger partial charge in [-0.05, 0) is 89.4 Å². The zero-order chi connectivity index (χ0) is 24.9. The highest BCUT2D eigenvalue weighted by Crippen LogP contribution is 2.25. The normalized spacial score (nSPS) is 33.3. The van der Waals surface area contributed by atoms with Crippen LogP contribution in [0.1, 0.15) is 167 Å². The van der Waals surface area contributed by atoms with Gasteiger partial charge in [0, 0.05) is 13.1 Å². The second-order valence-corrected chi connectivity index (χ2v) is 13.3. The quantitative estimate of drug-likeness (QED) is 0.325. The highest BCUT2D eigenvalue weighted by molar-refractivity contribution is 4.74. The van der Waals surface area contributed by atoms with Gasteiger partial charge in [-0.25, -0.2) is 0 Å². The summed E-state index contributed by atoms with van der Waals surface area (Å²) in [5.74, 6) is 2.02. The summed E-state index contributed by atoms with van der Waals surface area (Å²) in [4.78, 5) is 5.64. The Morgan fingerprint density at radius 3 is 0.861 bits per heavy atom. The molecule has 0 aromatic carbocycles. The van der Waals surface area contributed by atoms with Gasteiger partial charge in [0.1, 0.15) is 0 Å². The molecule has 3 rings (SSSR count). The van der Waals surface area contributed by atoms with Crippen LogP contribution in [0, 0.1) is 11.8 Å². The van der Waals surface area contributed by atoms with E-state index in [0.717, 1.165) is 11.8 Å². The number of rotatable bonds is 0. The van der Waals surface area contributed by atoms with Crippen LogP contribution >= 0.6 is 0 Å². The Labute approximate surface area is 227 Å². The van der Waals surface area contributed by atoms with Gasteiger partial charge in [0.2, 0.25) is 0 Å². The number of piperidine rings is 2. The van der Waals surface area contributed by atoms with E-state index < -0.39 is 0 Å². The molecule has 36 heavy (non-hydrogen) atoms.